The third-order valence-electron chi connectivity index (χ3n) is 4.96. The first-order valence-corrected chi connectivity index (χ1v) is 11.6. The molecule has 3 unspecified atom stereocenters. The molecule has 0 spiro atoms. The quantitative estimate of drug-likeness (QED) is 0.0759. The summed E-state index contributed by atoms with van der Waals surface area (Å²) < 4.78 is 9.90. The number of hydrogen-bond donors (Lipinski definition) is 5. The van der Waals surface area contributed by atoms with E-state index in [1.807, 2.05) is 0 Å². The fraction of sp³-hybridized carbons (Fsp3) is 0.609. The highest BCUT2D eigenvalue weighted by atomic mass is 16.5. The molecule has 0 aliphatic rings. The lowest BCUT2D eigenvalue weighted by Gasteiger charge is -2.23. The molecule has 0 aromatic heterocycles. The zero-order valence-electron chi connectivity index (χ0n) is 20.8. The summed E-state index contributed by atoms with van der Waals surface area (Å²) in [5.74, 6) is -3.56. The summed E-state index contributed by atoms with van der Waals surface area (Å²) in [5, 5.41) is 14.7. The van der Waals surface area contributed by atoms with Gasteiger partial charge in [0.2, 0.25) is 11.8 Å². The molecule has 36 heavy (non-hydrogen) atoms. The van der Waals surface area contributed by atoms with Gasteiger partial charge in [-0.3, -0.25) is 24.0 Å². The minimum Gasteiger partial charge on any atom is -0.465 e. The van der Waals surface area contributed by atoms with Crippen LogP contribution < -0.4 is 21.7 Å². The van der Waals surface area contributed by atoms with Crippen LogP contribution in [0.25, 0.3) is 0 Å². The predicted octanol–water partition coefficient (Wildman–Crippen LogP) is -1.08. The standard InChI is InChI=1S/C23H37N5O8/c1-4-12-36-23(34)19(9-7-16(30)14-25)28-21(32)17(8-6-15(29)13-24)27-20(31)11-10-18(26-3)22(33)35-5-2/h4,14,17-19,25-26H,1,5-13,24H2,2-3H3,(H,27,31)(H,28,32). The van der Waals surface area contributed by atoms with E-state index in [1.165, 1.54) is 6.08 Å². The zero-order valence-corrected chi connectivity index (χ0v) is 20.8. The first kappa shape index (κ1) is 32.5. The molecule has 0 aliphatic carbocycles. The molecule has 0 saturated carbocycles. The van der Waals surface area contributed by atoms with Crippen molar-refractivity contribution < 1.29 is 38.2 Å². The summed E-state index contributed by atoms with van der Waals surface area (Å²) >= 11 is 0. The molecule has 13 nitrogen and oxygen atoms in total. The van der Waals surface area contributed by atoms with Crippen molar-refractivity contribution in [2.75, 3.05) is 26.8 Å². The van der Waals surface area contributed by atoms with E-state index in [1.54, 1.807) is 14.0 Å². The number of nitrogens with one attached hydrogen (secondary N) is 4. The fourth-order valence-corrected chi connectivity index (χ4v) is 2.96. The van der Waals surface area contributed by atoms with Gasteiger partial charge >= 0.3 is 11.9 Å². The molecule has 0 aromatic rings. The Labute approximate surface area is 210 Å². The van der Waals surface area contributed by atoms with Crippen molar-refractivity contribution in [3.8, 4) is 0 Å². The number of ether oxygens (including phenoxy) is 2. The maximum absolute atomic E-state index is 13.0. The lowest BCUT2D eigenvalue weighted by atomic mass is 10.0. The van der Waals surface area contributed by atoms with Crippen LogP contribution in [-0.2, 0) is 38.2 Å². The van der Waals surface area contributed by atoms with Gasteiger partial charge in [-0.15, -0.1) is 0 Å². The second kappa shape index (κ2) is 18.8. The Bertz CT molecular complexity index is 801. The molecule has 6 N–H and O–H groups in total. The number of nitrogens with two attached hydrogens (primary N) is 1. The molecule has 0 aromatic carbocycles. The van der Waals surface area contributed by atoms with Gasteiger partial charge in [-0.25, -0.2) is 4.79 Å². The van der Waals surface area contributed by atoms with Gasteiger partial charge in [0.15, 0.2) is 5.78 Å². The number of hydrogen-bond acceptors (Lipinski definition) is 11. The zero-order chi connectivity index (χ0) is 27.5. The molecule has 0 heterocycles. The van der Waals surface area contributed by atoms with Gasteiger partial charge in [0.05, 0.1) is 19.4 Å². The number of carbonyl (C=O) groups is 6. The van der Waals surface area contributed by atoms with Crippen molar-refractivity contribution in [3.63, 3.8) is 0 Å². The minimum atomic E-state index is -1.23. The van der Waals surface area contributed by atoms with Gasteiger partial charge in [0.1, 0.15) is 30.5 Å². The second-order valence-corrected chi connectivity index (χ2v) is 7.66. The summed E-state index contributed by atoms with van der Waals surface area (Å²) in [6.45, 7) is 4.91. The maximum atomic E-state index is 13.0. The Morgan fingerprint density at radius 2 is 1.53 bits per heavy atom. The Hall–Kier alpha value is -3.45. The molecule has 0 aliphatic heterocycles. The number of carbonyl (C=O) groups excluding carboxylic acids is 6. The Morgan fingerprint density at radius 1 is 0.917 bits per heavy atom. The van der Waals surface area contributed by atoms with Crippen molar-refractivity contribution in [3.05, 3.63) is 12.7 Å². The molecule has 2 amide bonds. The number of amides is 2. The van der Waals surface area contributed by atoms with Crippen LogP contribution >= 0.6 is 0 Å². The van der Waals surface area contributed by atoms with Crippen LogP contribution in [-0.4, -0.2) is 86.5 Å². The molecule has 202 valence electrons. The van der Waals surface area contributed by atoms with Crippen molar-refractivity contribution in [1.82, 2.24) is 16.0 Å². The first-order valence-electron chi connectivity index (χ1n) is 11.6. The van der Waals surface area contributed by atoms with Crippen LogP contribution in [0.4, 0.5) is 0 Å². The second-order valence-electron chi connectivity index (χ2n) is 7.66. The predicted molar refractivity (Wildman–Crippen MR) is 130 cm³/mol. The molecule has 0 rings (SSSR count). The topological polar surface area (TPSA) is 207 Å². The highest BCUT2D eigenvalue weighted by Crippen LogP contribution is 2.07. The summed E-state index contributed by atoms with van der Waals surface area (Å²) in [6, 6.07) is -3.16. The molecule has 0 saturated heterocycles. The monoisotopic (exact) mass is 511 g/mol. The van der Waals surface area contributed by atoms with Gasteiger partial charge in [-0.1, -0.05) is 12.7 Å². The molecule has 13 heteroatoms. The largest absolute Gasteiger partial charge is 0.465 e. The number of Topliss-reactive ketones (excluding diaryl/α,β-unsaturated/α-hetero) is 2. The van der Waals surface area contributed by atoms with E-state index in [0.29, 0.717) is 6.21 Å². The van der Waals surface area contributed by atoms with Crippen LogP contribution in [0.15, 0.2) is 12.7 Å². The number of likely N-dealkylation sites (N-methyl/N-ethyl adjacent to an activating group) is 1. The van der Waals surface area contributed by atoms with Gasteiger partial charge in [0.25, 0.3) is 0 Å². The Kier molecular flexibility index (Phi) is 17.0. The Balaban J connectivity index is 5.41. The summed E-state index contributed by atoms with van der Waals surface area (Å²) in [6.07, 6.45) is 1.38. The first-order chi connectivity index (χ1) is 17.1. The van der Waals surface area contributed by atoms with E-state index in [-0.39, 0.29) is 64.1 Å². The van der Waals surface area contributed by atoms with Crippen LogP contribution in [0.1, 0.15) is 45.4 Å². The number of rotatable bonds is 20. The SMILES string of the molecule is C=CCOC(=O)C(CCC(=O)C=N)NC(=O)C(CCC(=O)CN)NC(=O)CCC(NC)C(=O)OCC. The van der Waals surface area contributed by atoms with E-state index in [0.717, 1.165) is 0 Å². The van der Waals surface area contributed by atoms with Crippen LogP contribution in [0.2, 0.25) is 0 Å². The minimum absolute atomic E-state index is 0.0885. The highest BCUT2D eigenvalue weighted by molar-refractivity contribution is 6.26. The highest BCUT2D eigenvalue weighted by Gasteiger charge is 2.29. The lowest BCUT2D eigenvalue weighted by Crippen LogP contribution is -2.52. The average molecular weight is 512 g/mol. The van der Waals surface area contributed by atoms with Crippen molar-refractivity contribution in [2.45, 2.75) is 63.6 Å². The van der Waals surface area contributed by atoms with E-state index in [9.17, 15) is 28.8 Å². The third kappa shape index (κ3) is 13.4. The van der Waals surface area contributed by atoms with Gasteiger partial charge in [-0.05, 0) is 33.2 Å². The van der Waals surface area contributed by atoms with E-state index < -0.39 is 47.7 Å². The van der Waals surface area contributed by atoms with Crippen molar-refractivity contribution in [1.29, 1.82) is 5.41 Å². The van der Waals surface area contributed by atoms with Gasteiger partial charge < -0.3 is 36.6 Å². The average Bonchev–Trinajstić information content (AvgIpc) is 2.87. The number of esters is 2. The molecule has 3 atom stereocenters. The lowest BCUT2D eigenvalue weighted by molar-refractivity contribution is -0.147. The van der Waals surface area contributed by atoms with Crippen LogP contribution in [0.5, 0.6) is 0 Å². The van der Waals surface area contributed by atoms with E-state index in [2.05, 4.69) is 22.5 Å². The maximum Gasteiger partial charge on any atom is 0.328 e. The summed E-state index contributed by atoms with van der Waals surface area (Å²) in [7, 11) is 1.54. The molecular weight excluding hydrogens is 474 g/mol. The van der Waals surface area contributed by atoms with Gasteiger partial charge in [0, 0.05) is 19.3 Å². The third-order valence-corrected chi connectivity index (χ3v) is 4.96. The van der Waals surface area contributed by atoms with Crippen LogP contribution in [0, 0.1) is 5.41 Å². The van der Waals surface area contributed by atoms with E-state index in [4.69, 9.17) is 20.6 Å². The normalized spacial score (nSPS) is 12.9. The van der Waals surface area contributed by atoms with Crippen molar-refractivity contribution >= 4 is 41.5 Å². The Morgan fingerprint density at radius 3 is 2.08 bits per heavy atom. The molecule has 0 fully saturated rings. The van der Waals surface area contributed by atoms with Gasteiger partial charge in [-0.2, -0.15) is 0 Å². The number of ketones is 2. The van der Waals surface area contributed by atoms with E-state index >= 15 is 0 Å². The van der Waals surface area contributed by atoms with Crippen LogP contribution in [0.3, 0.4) is 0 Å². The molecule has 0 radical (unpaired) electrons. The summed E-state index contributed by atoms with van der Waals surface area (Å²) in [5.41, 5.74) is 5.33. The van der Waals surface area contributed by atoms with Crippen molar-refractivity contribution in [2.24, 2.45) is 5.73 Å². The smallest absolute Gasteiger partial charge is 0.328 e. The fourth-order valence-electron chi connectivity index (χ4n) is 2.96. The molecule has 0 bridgehead atoms. The molecular formula is C23H37N5O8. The summed E-state index contributed by atoms with van der Waals surface area (Å²) in [4.78, 5) is 73.0.